The van der Waals surface area contributed by atoms with Crippen molar-refractivity contribution in [1.29, 1.82) is 0 Å². The van der Waals surface area contributed by atoms with Gasteiger partial charge in [-0.05, 0) is 62.9 Å². The molecule has 0 bridgehead atoms. The molecule has 0 radical (unpaired) electrons. The number of carbonyl (C=O) groups excluding carboxylic acids is 2. The van der Waals surface area contributed by atoms with Crippen LogP contribution >= 0.6 is 11.6 Å². The van der Waals surface area contributed by atoms with Crippen LogP contribution in [-0.4, -0.2) is 63.7 Å². The number of morpholine rings is 1. The van der Waals surface area contributed by atoms with Crippen LogP contribution in [0, 0.1) is 6.92 Å². The van der Waals surface area contributed by atoms with Gasteiger partial charge in [-0.3, -0.25) is 9.69 Å². The Morgan fingerprint density at radius 3 is 2.61 bits per heavy atom. The average Bonchev–Trinajstić information content (AvgIpc) is 2.77. The fourth-order valence-corrected chi connectivity index (χ4v) is 4.46. The van der Waals surface area contributed by atoms with Crippen molar-refractivity contribution in [1.82, 2.24) is 19.8 Å². The molecule has 176 valence electrons. The molecule has 4 rings (SSSR count). The highest BCUT2D eigenvalue weighted by molar-refractivity contribution is 6.30. The fourth-order valence-electron chi connectivity index (χ4n) is 4.21. The van der Waals surface area contributed by atoms with E-state index in [2.05, 4.69) is 9.97 Å². The number of fused-ring (bicyclic) bond motifs is 1. The minimum absolute atomic E-state index is 0.120. The molecule has 1 saturated heterocycles. The van der Waals surface area contributed by atoms with Crippen LogP contribution in [0.25, 0.3) is 0 Å². The minimum atomic E-state index is -0.604. The number of aryl methyl sites for hydroxylation is 1. The summed E-state index contributed by atoms with van der Waals surface area (Å²) in [7, 11) is 0. The van der Waals surface area contributed by atoms with E-state index in [1.165, 1.54) is 0 Å². The van der Waals surface area contributed by atoms with Gasteiger partial charge in [0, 0.05) is 37.1 Å². The highest BCUT2D eigenvalue weighted by atomic mass is 35.5. The number of aromatic nitrogens is 2. The lowest BCUT2D eigenvalue weighted by Gasteiger charge is -2.39. The van der Waals surface area contributed by atoms with E-state index >= 15 is 0 Å². The molecule has 0 N–H and O–H groups in total. The first-order valence-electron chi connectivity index (χ1n) is 11.1. The van der Waals surface area contributed by atoms with Crippen molar-refractivity contribution in [2.24, 2.45) is 0 Å². The Balaban J connectivity index is 1.65. The zero-order chi connectivity index (χ0) is 23.8. The third-order valence-electron chi connectivity index (χ3n) is 5.77. The van der Waals surface area contributed by atoms with Gasteiger partial charge in [0.05, 0.1) is 24.8 Å². The number of ether oxygens (including phenoxy) is 2. The van der Waals surface area contributed by atoms with Crippen LogP contribution in [0.5, 0.6) is 0 Å². The molecule has 2 aliphatic heterocycles. The smallest absolute Gasteiger partial charge is 0.410 e. The van der Waals surface area contributed by atoms with Gasteiger partial charge in [0.1, 0.15) is 11.4 Å². The third-order valence-corrected chi connectivity index (χ3v) is 5.99. The Hall–Kier alpha value is -2.71. The van der Waals surface area contributed by atoms with E-state index in [1.54, 1.807) is 29.1 Å². The second-order valence-corrected chi connectivity index (χ2v) is 9.83. The molecule has 33 heavy (non-hydrogen) atoms. The Kier molecular flexibility index (Phi) is 6.59. The van der Waals surface area contributed by atoms with Gasteiger partial charge < -0.3 is 14.4 Å². The summed E-state index contributed by atoms with van der Waals surface area (Å²) in [4.78, 5) is 37.9. The number of rotatable bonds is 2. The van der Waals surface area contributed by atoms with E-state index in [4.69, 9.17) is 21.1 Å². The largest absolute Gasteiger partial charge is 0.444 e. The van der Waals surface area contributed by atoms with Crippen LogP contribution < -0.4 is 0 Å². The molecule has 1 atom stereocenters. The number of nitrogens with zero attached hydrogens (tertiary/aromatic N) is 4. The van der Waals surface area contributed by atoms with Crippen molar-refractivity contribution in [2.45, 2.75) is 52.3 Å². The Labute approximate surface area is 198 Å². The van der Waals surface area contributed by atoms with E-state index in [-0.39, 0.29) is 18.0 Å². The second kappa shape index (κ2) is 9.27. The summed E-state index contributed by atoms with van der Waals surface area (Å²) in [5.41, 5.74) is 2.82. The van der Waals surface area contributed by atoms with Crippen molar-refractivity contribution in [2.75, 3.05) is 26.3 Å². The summed E-state index contributed by atoms with van der Waals surface area (Å²) >= 11 is 6.47. The highest BCUT2D eigenvalue weighted by Crippen LogP contribution is 2.35. The summed E-state index contributed by atoms with van der Waals surface area (Å²) in [6.45, 7) is 9.50. The first kappa shape index (κ1) is 23.4. The average molecular weight is 473 g/mol. The molecule has 2 amide bonds. The van der Waals surface area contributed by atoms with Gasteiger partial charge in [-0.2, -0.15) is 0 Å². The molecule has 0 unspecified atom stereocenters. The summed E-state index contributed by atoms with van der Waals surface area (Å²) in [5, 5.41) is 0.602. The zero-order valence-electron chi connectivity index (χ0n) is 19.4. The standard InChI is InChI=1S/C24H29ClN4O4/c1-15-26-11-17(12-27-15)22(30)28-6-5-16-9-18(25)10-19(20(16)13-28)21-14-32-8-7-29(21)23(31)33-24(2,3)4/h9-12,21H,5-8,13-14H2,1-4H3/t21-/m0/s1. The summed E-state index contributed by atoms with van der Waals surface area (Å²) in [6.07, 6.45) is 3.40. The molecule has 0 spiro atoms. The first-order chi connectivity index (χ1) is 15.6. The normalized spacial score (nSPS) is 18.6. The third kappa shape index (κ3) is 5.28. The monoisotopic (exact) mass is 472 g/mol. The molecule has 3 heterocycles. The first-order valence-corrected chi connectivity index (χ1v) is 11.5. The minimum Gasteiger partial charge on any atom is -0.444 e. The quantitative estimate of drug-likeness (QED) is 0.658. The maximum atomic E-state index is 13.1. The van der Waals surface area contributed by atoms with Gasteiger partial charge in [-0.15, -0.1) is 0 Å². The predicted octanol–water partition coefficient (Wildman–Crippen LogP) is 3.95. The summed E-state index contributed by atoms with van der Waals surface area (Å²) < 4.78 is 11.4. The lowest BCUT2D eigenvalue weighted by molar-refractivity contribution is -0.0334. The lowest BCUT2D eigenvalue weighted by Crippen LogP contribution is -2.46. The van der Waals surface area contributed by atoms with Crippen LogP contribution in [0.3, 0.4) is 0 Å². The molecule has 1 aromatic heterocycles. The number of amides is 2. The Morgan fingerprint density at radius 2 is 1.91 bits per heavy atom. The molecule has 0 aliphatic carbocycles. The van der Waals surface area contributed by atoms with Crippen molar-refractivity contribution in [3.8, 4) is 0 Å². The summed E-state index contributed by atoms with van der Waals surface area (Å²) in [6, 6.07) is 3.47. The molecule has 2 aliphatic rings. The van der Waals surface area contributed by atoms with Crippen LogP contribution in [0.1, 0.15) is 59.7 Å². The molecular weight excluding hydrogens is 444 g/mol. The maximum Gasteiger partial charge on any atom is 0.410 e. The van der Waals surface area contributed by atoms with Crippen molar-refractivity contribution >= 4 is 23.6 Å². The lowest BCUT2D eigenvalue weighted by atomic mass is 9.90. The molecule has 9 heteroatoms. The number of benzene rings is 1. The van der Waals surface area contributed by atoms with Gasteiger partial charge in [0.15, 0.2) is 0 Å². The highest BCUT2D eigenvalue weighted by Gasteiger charge is 2.35. The van der Waals surface area contributed by atoms with Crippen molar-refractivity contribution in [3.05, 3.63) is 57.6 Å². The SMILES string of the molecule is Cc1ncc(C(=O)N2CCc3cc(Cl)cc([C@@H]4COCCN4C(=O)OC(C)(C)C)c3C2)cn1. The molecule has 0 saturated carbocycles. The summed E-state index contributed by atoms with van der Waals surface area (Å²) in [5.74, 6) is 0.498. The number of hydrogen-bond donors (Lipinski definition) is 0. The van der Waals surface area contributed by atoms with Gasteiger partial charge in [0.25, 0.3) is 5.91 Å². The molecule has 8 nitrogen and oxygen atoms in total. The van der Waals surface area contributed by atoms with E-state index in [9.17, 15) is 9.59 Å². The number of halogens is 1. The van der Waals surface area contributed by atoms with Gasteiger partial charge in [-0.25, -0.2) is 14.8 Å². The molecule has 1 fully saturated rings. The van der Waals surface area contributed by atoms with E-state index in [0.717, 1.165) is 16.7 Å². The van der Waals surface area contributed by atoms with Crippen molar-refractivity contribution in [3.63, 3.8) is 0 Å². The number of hydrogen-bond acceptors (Lipinski definition) is 6. The topological polar surface area (TPSA) is 84.9 Å². The molecule has 1 aromatic carbocycles. The van der Waals surface area contributed by atoms with E-state index < -0.39 is 5.60 Å². The molecular formula is C24H29ClN4O4. The number of carbonyl (C=O) groups is 2. The van der Waals surface area contributed by atoms with Crippen LogP contribution in [0.15, 0.2) is 24.5 Å². The zero-order valence-corrected chi connectivity index (χ0v) is 20.2. The van der Waals surface area contributed by atoms with Gasteiger partial charge >= 0.3 is 6.09 Å². The van der Waals surface area contributed by atoms with Gasteiger partial charge in [-0.1, -0.05) is 11.6 Å². The predicted molar refractivity (Wildman–Crippen MR) is 123 cm³/mol. The van der Waals surface area contributed by atoms with Gasteiger partial charge in [0.2, 0.25) is 0 Å². The fraction of sp³-hybridized carbons (Fsp3) is 0.500. The Morgan fingerprint density at radius 1 is 1.18 bits per heavy atom. The molecule has 2 aromatic rings. The van der Waals surface area contributed by atoms with Crippen LogP contribution in [0.4, 0.5) is 4.79 Å². The van der Waals surface area contributed by atoms with Crippen molar-refractivity contribution < 1.29 is 19.1 Å². The maximum absolute atomic E-state index is 13.1. The van der Waals surface area contributed by atoms with E-state index in [1.807, 2.05) is 32.9 Å². The van der Waals surface area contributed by atoms with E-state index in [0.29, 0.717) is 55.7 Å². The van der Waals surface area contributed by atoms with Crippen LogP contribution in [0.2, 0.25) is 5.02 Å². The van der Waals surface area contributed by atoms with Crippen LogP contribution in [-0.2, 0) is 22.4 Å². The Bertz CT molecular complexity index is 1050. The second-order valence-electron chi connectivity index (χ2n) is 9.39.